The lowest BCUT2D eigenvalue weighted by molar-refractivity contribution is -0.134. The first-order valence-electron chi connectivity index (χ1n) is 11.4. The Morgan fingerprint density at radius 2 is 2.00 bits per heavy atom. The van der Waals surface area contributed by atoms with Crippen LogP contribution in [0.15, 0.2) is 40.1 Å². The molecule has 33 heavy (non-hydrogen) atoms. The number of hydrazone groups is 1. The van der Waals surface area contributed by atoms with Crippen LogP contribution in [0.1, 0.15) is 55.8 Å². The van der Waals surface area contributed by atoms with Crippen LogP contribution in [0.25, 0.3) is 0 Å². The van der Waals surface area contributed by atoms with Crippen LogP contribution in [0.3, 0.4) is 0 Å². The molecule has 9 heteroatoms. The smallest absolute Gasteiger partial charge is 0.407 e. The summed E-state index contributed by atoms with van der Waals surface area (Å²) in [6, 6.07) is 8.16. The topological polar surface area (TPSA) is 74.2 Å². The van der Waals surface area contributed by atoms with Gasteiger partial charge in [0, 0.05) is 24.4 Å². The molecule has 0 bridgehead atoms. The lowest BCUT2D eigenvalue weighted by atomic mass is 9.98. The zero-order valence-electron chi connectivity index (χ0n) is 19.5. The van der Waals surface area contributed by atoms with Crippen LogP contribution in [-0.2, 0) is 9.53 Å². The van der Waals surface area contributed by atoms with Crippen molar-refractivity contribution in [3.63, 3.8) is 0 Å². The number of carbonyl (C=O) groups is 2. The second-order valence-electron chi connectivity index (χ2n) is 9.62. The summed E-state index contributed by atoms with van der Waals surface area (Å²) in [6.45, 7) is 8.13. The molecule has 1 fully saturated rings. The van der Waals surface area contributed by atoms with Crippen molar-refractivity contribution in [1.82, 2.24) is 15.2 Å². The Balaban J connectivity index is 1.36. The summed E-state index contributed by atoms with van der Waals surface area (Å²) >= 11 is 3.33. The van der Waals surface area contributed by atoms with Gasteiger partial charge in [0.25, 0.3) is 5.91 Å². The Labute approximate surface area is 203 Å². The van der Waals surface area contributed by atoms with Crippen LogP contribution in [0.4, 0.5) is 4.79 Å². The van der Waals surface area contributed by atoms with Gasteiger partial charge in [-0.15, -0.1) is 22.7 Å². The largest absolute Gasteiger partial charge is 0.444 e. The second kappa shape index (κ2) is 10.4. The minimum absolute atomic E-state index is 0.0284. The molecule has 2 aliphatic heterocycles. The van der Waals surface area contributed by atoms with Crippen LogP contribution in [-0.4, -0.2) is 59.4 Å². The van der Waals surface area contributed by atoms with Gasteiger partial charge in [-0.25, -0.2) is 9.80 Å². The molecular formula is C24H32N4O3S2. The van der Waals surface area contributed by atoms with Gasteiger partial charge in [0.1, 0.15) is 5.60 Å². The normalized spacial score (nSPS) is 21.7. The van der Waals surface area contributed by atoms with Gasteiger partial charge in [0.15, 0.2) is 0 Å². The molecule has 2 aromatic rings. The van der Waals surface area contributed by atoms with Crippen molar-refractivity contribution >= 4 is 40.4 Å². The average Bonchev–Trinajstić information content (AvgIpc) is 3.52. The fourth-order valence-corrected chi connectivity index (χ4v) is 5.83. The first kappa shape index (κ1) is 23.9. The minimum atomic E-state index is -0.508. The van der Waals surface area contributed by atoms with E-state index >= 15 is 0 Å². The zero-order valence-corrected chi connectivity index (χ0v) is 21.1. The molecule has 0 radical (unpaired) electrons. The summed E-state index contributed by atoms with van der Waals surface area (Å²) in [5.74, 6) is 0.330. The first-order chi connectivity index (χ1) is 15.8. The molecule has 0 spiro atoms. The van der Waals surface area contributed by atoms with Crippen molar-refractivity contribution < 1.29 is 14.3 Å². The van der Waals surface area contributed by atoms with Crippen molar-refractivity contribution in [2.75, 3.05) is 26.2 Å². The fourth-order valence-electron chi connectivity index (χ4n) is 4.30. The van der Waals surface area contributed by atoms with E-state index in [2.05, 4.69) is 22.3 Å². The zero-order chi connectivity index (χ0) is 23.4. The fraction of sp³-hybridized carbons (Fsp3) is 0.542. The first-order valence-corrected chi connectivity index (χ1v) is 13.2. The van der Waals surface area contributed by atoms with Gasteiger partial charge < -0.3 is 10.1 Å². The highest BCUT2D eigenvalue weighted by Gasteiger charge is 2.35. The summed E-state index contributed by atoms with van der Waals surface area (Å²) < 4.78 is 5.34. The number of rotatable bonds is 6. The summed E-state index contributed by atoms with van der Waals surface area (Å²) in [5.41, 5.74) is 0.474. The molecule has 4 rings (SSSR count). The molecule has 1 saturated heterocycles. The molecule has 0 saturated carbocycles. The number of nitrogens with one attached hydrogen (secondary N) is 1. The highest BCUT2D eigenvalue weighted by atomic mass is 32.1. The van der Waals surface area contributed by atoms with Crippen LogP contribution in [0, 0.1) is 5.92 Å². The van der Waals surface area contributed by atoms with Crippen molar-refractivity contribution in [2.45, 2.75) is 51.7 Å². The second-order valence-corrected chi connectivity index (χ2v) is 11.6. The molecule has 0 aromatic carbocycles. The van der Waals surface area contributed by atoms with E-state index in [0.717, 1.165) is 47.8 Å². The molecule has 2 aromatic heterocycles. The maximum atomic E-state index is 13.4. The SMILES string of the molecule is CC(C)(C)OC(=O)NCC1CCCN(CC(=O)N2N=C(c3cccs3)CC2c2cccs2)C1. The van der Waals surface area contributed by atoms with E-state index in [9.17, 15) is 9.59 Å². The number of thiophene rings is 2. The molecular weight excluding hydrogens is 456 g/mol. The summed E-state index contributed by atoms with van der Waals surface area (Å²) in [5, 5.41) is 13.4. The molecule has 178 valence electrons. The minimum Gasteiger partial charge on any atom is -0.444 e. The lowest BCUT2D eigenvalue weighted by Crippen LogP contribution is -2.45. The highest BCUT2D eigenvalue weighted by molar-refractivity contribution is 7.12. The van der Waals surface area contributed by atoms with Crippen LogP contribution < -0.4 is 5.32 Å². The van der Waals surface area contributed by atoms with E-state index in [1.807, 2.05) is 43.7 Å². The Bertz CT molecular complexity index is 967. The van der Waals surface area contributed by atoms with Gasteiger partial charge in [-0.2, -0.15) is 5.10 Å². The number of nitrogens with zero attached hydrogens (tertiary/aromatic N) is 3. The predicted octanol–water partition coefficient (Wildman–Crippen LogP) is 4.72. The van der Waals surface area contributed by atoms with E-state index < -0.39 is 5.60 Å². The quantitative estimate of drug-likeness (QED) is 0.638. The van der Waals surface area contributed by atoms with E-state index in [4.69, 9.17) is 9.84 Å². The standard InChI is InChI=1S/C24H32N4O3S2/c1-24(2,3)31-23(30)25-14-17-7-4-10-27(15-17)16-22(29)28-19(21-9-6-12-33-21)13-18(26-28)20-8-5-11-32-20/h5-6,8-9,11-12,17,19H,4,7,10,13-16H2,1-3H3,(H,25,30). The number of piperidine rings is 1. The van der Waals surface area contributed by atoms with Gasteiger partial charge >= 0.3 is 6.09 Å². The predicted molar refractivity (Wildman–Crippen MR) is 133 cm³/mol. The van der Waals surface area contributed by atoms with Crippen molar-refractivity contribution in [1.29, 1.82) is 0 Å². The summed E-state index contributed by atoms with van der Waals surface area (Å²) in [4.78, 5) is 29.8. The van der Waals surface area contributed by atoms with Crippen molar-refractivity contribution in [2.24, 2.45) is 11.0 Å². The average molecular weight is 489 g/mol. The van der Waals surface area contributed by atoms with Gasteiger partial charge in [0.2, 0.25) is 0 Å². The maximum absolute atomic E-state index is 13.4. The van der Waals surface area contributed by atoms with Crippen LogP contribution >= 0.6 is 22.7 Å². The van der Waals surface area contributed by atoms with Crippen molar-refractivity contribution in [3.8, 4) is 0 Å². The maximum Gasteiger partial charge on any atom is 0.407 e. The van der Waals surface area contributed by atoms with Gasteiger partial charge in [-0.3, -0.25) is 9.69 Å². The lowest BCUT2D eigenvalue weighted by Gasteiger charge is -2.33. The molecule has 2 amide bonds. The Kier molecular flexibility index (Phi) is 7.51. The number of hydrogen-bond acceptors (Lipinski definition) is 7. The van der Waals surface area contributed by atoms with E-state index in [1.165, 1.54) is 0 Å². The van der Waals surface area contributed by atoms with Gasteiger partial charge in [-0.05, 0) is 69.0 Å². The van der Waals surface area contributed by atoms with E-state index in [-0.39, 0.29) is 18.0 Å². The molecule has 1 N–H and O–H groups in total. The van der Waals surface area contributed by atoms with E-state index in [1.54, 1.807) is 27.7 Å². The van der Waals surface area contributed by atoms with Gasteiger partial charge in [-0.1, -0.05) is 12.1 Å². The van der Waals surface area contributed by atoms with Crippen LogP contribution in [0.5, 0.6) is 0 Å². The molecule has 2 aliphatic rings. The highest BCUT2D eigenvalue weighted by Crippen LogP contribution is 2.36. The summed E-state index contributed by atoms with van der Waals surface area (Å²) in [6.07, 6.45) is 2.39. The number of likely N-dealkylation sites (tertiary alicyclic amines) is 1. The number of alkyl carbamates (subject to hydrolysis) is 1. The van der Waals surface area contributed by atoms with Gasteiger partial charge in [0.05, 0.1) is 23.2 Å². The van der Waals surface area contributed by atoms with E-state index in [0.29, 0.717) is 19.0 Å². The summed E-state index contributed by atoms with van der Waals surface area (Å²) in [7, 11) is 0. The third-order valence-electron chi connectivity index (χ3n) is 5.74. The monoisotopic (exact) mass is 488 g/mol. The third kappa shape index (κ3) is 6.43. The molecule has 7 nitrogen and oxygen atoms in total. The number of ether oxygens (including phenoxy) is 1. The third-order valence-corrected chi connectivity index (χ3v) is 7.63. The molecule has 4 heterocycles. The van der Waals surface area contributed by atoms with Crippen LogP contribution in [0.2, 0.25) is 0 Å². The van der Waals surface area contributed by atoms with Crippen molar-refractivity contribution in [3.05, 3.63) is 44.8 Å². The molecule has 2 atom stereocenters. The Hall–Kier alpha value is -2.23. The number of carbonyl (C=O) groups excluding carboxylic acids is 2. The number of amides is 2. The molecule has 2 unspecified atom stereocenters. The number of hydrogen-bond donors (Lipinski definition) is 1. The Morgan fingerprint density at radius 3 is 2.70 bits per heavy atom. The Morgan fingerprint density at radius 1 is 1.21 bits per heavy atom. The molecule has 0 aliphatic carbocycles.